The van der Waals surface area contributed by atoms with Crippen LogP contribution in [0.3, 0.4) is 0 Å². The van der Waals surface area contributed by atoms with Crippen LogP contribution in [0.4, 0.5) is 0 Å². The average molecular weight is 206 g/mol. The van der Waals surface area contributed by atoms with Crippen molar-refractivity contribution in [2.24, 2.45) is 28.1 Å². The molecule has 3 atom stereocenters. The van der Waals surface area contributed by atoms with E-state index < -0.39 is 0 Å². The van der Waals surface area contributed by atoms with Crippen LogP contribution in [-0.2, 0) is 0 Å². The molecule has 86 valence electrons. The van der Waals surface area contributed by atoms with Gasteiger partial charge in [0.15, 0.2) is 0 Å². The molecule has 3 aliphatic carbocycles. The van der Waals surface area contributed by atoms with Crippen LogP contribution in [0.2, 0.25) is 0 Å². The second-order valence-electron chi connectivity index (χ2n) is 7.39. The van der Waals surface area contributed by atoms with Crippen molar-refractivity contribution in [2.75, 3.05) is 0 Å². The van der Waals surface area contributed by atoms with E-state index in [0.29, 0.717) is 10.8 Å². The van der Waals surface area contributed by atoms with Gasteiger partial charge in [-0.3, -0.25) is 0 Å². The molecule has 3 aliphatic rings. The smallest absolute Gasteiger partial charge is 0.0233 e. The lowest BCUT2D eigenvalue weighted by atomic mass is 9.61. The molecular formula is C15H26. The van der Waals surface area contributed by atoms with E-state index in [4.69, 9.17) is 0 Å². The van der Waals surface area contributed by atoms with Crippen molar-refractivity contribution in [1.29, 1.82) is 0 Å². The first-order chi connectivity index (χ1) is 6.95. The normalized spacial score (nSPS) is 50.4. The molecule has 0 radical (unpaired) electrons. The molecule has 0 saturated heterocycles. The Labute approximate surface area is 94.8 Å². The van der Waals surface area contributed by atoms with Gasteiger partial charge in [0.05, 0.1) is 0 Å². The van der Waals surface area contributed by atoms with Crippen LogP contribution in [0.15, 0.2) is 0 Å². The van der Waals surface area contributed by atoms with E-state index in [1.807, 2.05) is 0 Å². The van der Waals surface area contributed by atoms with Crippen molar-refractivity contribution in [1.82, 2.24) is 0 Å². The summed E-state index contributed by atoms with van der Waals surface area (Å²) in [5.74, 6) is 2.01. The standard InChI is InChI=1S/C15H26/c1-11-14(4)10-7-12(13(14,2)3)15(11)8-5-6-9-15/h11-12H,5-10H2,1-4H3. The van der Waals surface area contributed by atoms with Gasteiger partial charge < -0.3 is 0 Å². The second-order valence-corrected chi connectivity index (χ2v) is 7.39. The Morgan fingerprint density at radius 1 is 0.933 bits per heavy atom. The molecule has 3 fully saturated rings. The fourth-order valence-corrected chi connectivity index (χ4v) is 6.06. The lowest BCUT2D eigenvalue weighted by Gasteiger charge is -2.43. The molecule has 0 nitrogen and oxygen atoms in total. The zero-order chi connectivity index (χ0) is 10.9. The van der Waals surface area contributed by atoms with Gasteiger partial charge in [-0.15, -0.1) is 0 Å². The van der Waals surface area contributed by atoms with Crippen molar-refractivity contribution in [2.45, 2.75) is 66.2 Å². The van der Waals surface area contributed by atoms with Gasteiger partial charge >= 0.3 is 0 Å². The summed E-state index contributed by atoms with van der Waals surface area (Å²) >= 11 is 0. The minimum absolute atomic E-state index is 0.608. The molecule has 15 heavy (non-hydrogen) atoms. The molecule has 0 amide bonds. The van der Waals surface area contributed by atoms with E-state index in [2.05, 4.69) is 27.7 Å². The maximum absolute atomic E-state index is 2.59. The highest BCUT2D eigenvalue weighted by atomic mass is 14.7. The summed E-state index contributed by atoms with van der Waals surface area (Å²) in [6.07, 6.45) is 9.11. The molecule has 0 aromatic rings. The number of fused-ring (bicyclic) bond motifs is 3. The Bertz CT molecular complexity index is 282. The van der Waals surface area contributed by atoms with E-state index >= 15 is 0 Å². The highest BCUT2D eigenvalue weighted by Crippen LogP contribution is 2.77. The minimum Gasteiger partial charge on any atom is -0.0614 e. The number of rotatable bonds is 0. The molecule has 2 bridgehead atoms. The van der Waals surface area contributed by atoms with Gasteiger partial charge in [-0.1, -0.05) is 40.5 Å². The van der Waals surface area contributed by atoms with Gasteiger partial charge in [-0.05, 0) is 53.8 Å². The molecule has 3 rings (SSSR count). The summed E-state index contributed by atoms with van der Waals surface area (Å²) < 4.78 is 0. The Morgan fingerprint density at radius 2 is 1.53 bits per heavy atom. The zero-order valence-electron chi connectivity index (χ0n) is 10.9. The Morgan fingerprint density at radius 3 is 2.00 bits per heavy atom. The third-order valence-electron chi connectivity index (χ3n) is 7.34. The summed E-state index contributed by atoms with van der Waals surface area (Å²) in [7, 11) is 0. The third-order valence-corrected chi connectivity index (χ3v) is 7.34. The van der Waals surface area contributed by atoms with Crippen LogP contribution in [0.1, 0.15) is 66.2 Å². The quantitative estimate of drug-likeness (QED) is 0.541. The maximum Gasteiger partial charge on any atom is -0.0233 e. The molecule has 0 aromatic carbocycles. The first kappa shape index (κ1) is 10.2. The van der Waals surface area contributed by atoms with Gasteiger partial charge in [0.1, 0.15) is 0 Å². The first-order valence-electron chi connectivity index (χ1n) is 6.95. The van der Waals surface area contributed by atoms with Crippen LogP contribution in [-0.4, -0.2) is 0 Å². The van der Waals surface area contributed by atoms with Crippen LogP contribution in [0.25, 0.3) is 0 Å². The zero-order valence-corrected chi connectivity index (χ0v) is 10.9. The summed E-state index contributed by atoms with van der Waals surface area (Å²) in [6.45, 7) is 10.3. The minimum atomic E-state index is 0.608. The molecule has 0 aromatic heterocycles. The Hall–Kier alpha value is 0. The number of hydrogen-bond donors (Lipinski definition) is 0. The van der Waals surface area contributed by atoms with Crippen LogP contribution >= 0.6 is 0 Å². The molecule has 0 aliphatic heterocycles. The monoisotopic (exact) mass is 206 g/mol. The lowest BCUT2D eigenvalue weighted by Crippen LogP contribution is -2.35. The molecule has 0 heteroatoms. The summed E-state index contributed by atoms with van der Waals surface area (Å²) in [5, 5.41) is 0. The molecule has 0 heterocycles. The van der Waals surface area contributed by atoms with E-state index in [1.165, 1.54) is 38.5 Å². The third kappa shape index (κ3) is 0.875. The van der Waals surface area contributed by atoms with Gasteiger partial charge in [0.2, 0.25) is 0 Å². The molecule has 3 saturated carbocycles. The van der Waals surface area contributed by atoms with Gasteiger partial charge in [-0.25, -0.2) is 0 Å². The van der Waals surface area contributed by atoms with Crippen molar-refractivity contribution in [3.63, 3.8) is 0 Å². The predicted molar refractivity (Wildman–Crippen MR) is 64.7 cm³/mol. The highest BCUT2D eigenvalue weighted by molar-refractivity contribution is 5.19. The van der Waals surface area contributed by atoms with Crippen molar-refractivity contribution < 1.29 is 0 Å². The van der Waals surface area contributed by atoms with E-state index in [0.717, 1.165) is 17.3 Å². The highest BCUT2D eigenvalue weighted by Gasteiger charge is 2.70. The summed E-state index contributed by atoms with van der Waals surface area (Å²) in [6, 6.07) is 0. The van der Waals surface area contributed by atoms with Crippen LogP contribution in [0.5, 0.6) is 0 Å². The average Bonchev–Trinajstić information content (AvgIpc) is 2.74. The topological polar surface area (TPSA) is 0 Å². The SMILES string of the molecule is CC1C2(CCCC2)C2CCC1(C)C2(C)C. The van der Waals surface area contributed by atoms with Crippen LogP contribution < -0.4 is 0 Å². The van der Waals surface area contributed by atoms with E-state index in [9.17, 15) is 0 Å². The summed E-state index contributed by atoms with van der Waals surface area (Å²) in [5.41, 5.74) is 2.01. The number of hydrogen-bond acceptors (Lipinski definition) is 0. The second kappa shape index (κ2) is 2.63. The van der Waals surface area contributed by atoms with E-state index in [-0.39, 0.29) is 0 Å². The summed E-state index contributed by atoms with van der Waals surface area (Å²) in [4.78, 5) is 0. The van der Waals surface area contributed by atoms with Gasteiger partial charge in [0, 0.05) is 0 Å². The van der Waals surface area contributed by atoms with Crippen molar-refractivity contribution in [3.05, 3.63) is 0 Å². The largest absolute Gasteiger partial charge is 0.0614 e. The van der Waals surface area contributed by atoms with Gasteiger partial charge in [-0.2, -0.15) is 0 Å². The first-order valence-corrected chi connectivity index (χ1v) is 6.95. The van der Waals surface area contributed by atoms with Crippen LogP contribution in [0, 0.1) is 28.1 Å². The molecular weight excluding hydrogens is 180 g/mol. The van der Waals surface area contributed by atoms with E-state index in [1.54, 1.807) is 0 Å². The Balaban J connectivity index is 2.09. The maximum atomic E-state index is 2.59. The lowest BCUT2D eigenvalue weighted by molar-refractivity contribution is 0.0576. The van der Waals surface area contributed by atoms with Crippen molar-refractivity contribution >= 4 is 0 Å². The molecule has 1 spiro atoms. The van der Waals surface area contributed by atoms with Crippen molar-refractivity contribution in [3.8, 4) is 0 Å². The fraction of sp³-hybridized carbons (Fsp3) is 1.00. The van der Waals surface area contributed by atoms with Gasteiger partial charge in [0.25, 0.3) is 0 Å². The molecule has 3 unspecified atom stereocenters. The Kier molecular flexibility index (Phi) is 1.78. The fourth-order valence-electron chi connectivity index (χ4n) is 6.06. The molecule has 0 N–H and O–H groups in total. The predicted octanol–water partition coefficient (Wildman–Crippen LogP) is 4.64.